The fourth-order valence-electron chi connectivity index (χ4n) is 5.97. The molecule has 7 heteroatoms. The van der Waals surface area contributed by atoms with E-state index in [4.69, 9.17) is 14.2 Å². The van der Waals surface area contributed by atoms with Gasteiger partial charge in [0.2, 0.25) is 0 Å². The summed E-state index contributed by atoms with van der Waals surface area (Å²) in [4.78, 5) is 12.1. The molecule has 4 rings (SSSR count). The zero-order valence-corrected chi connectivity index (χ0v) is 24.0. The van der Waals surface area contributed by atoms with Crippen molar-refractivity contribution in [1.82, 2.24) is 0 Å². The number of aliphatic hydroxyl groups excluding tert-OH is 3. The average molecular weight is 557 g/mol. The van der Waals surface area contributed by atoms with E-state index < -0.39 is 17.6 Å². The second kappa shape index (κ2) is 16.8. The summed E-state index contributed by atoms with van der Waals surface area (Å²) in [5.74, 6) is -0.307. The smallest absolute Gasteiger partial charge is 0.314 e. The number of carbonyl (C=O) groups excluding carboxylic acids is 1. The zero-order chi connectivity index (χ0) is 28.7. The van der Waals surface area contributed by atoms with E-state index in [2.05, 4.69) is 0 Å². The molecule has 2 aliphatic carbocycles. The van der Waals surface area contributed by atoms with Crippen LogP contribution in [-0.4, -0.2) is 60.4 Å². The number of esters is 1. The predicted octanol–water partition coefficient (Wildman–Crippen LogP) is 5.19. The van der Waals surface area contributed by atoms with Crippen LogP contribution in [0.3, 0.4) is 0 Å². The van der Waals surface area contributed by atoms with Crippen LogP contribution in [0.4, 0.5) is 0 Å². The molecular weight excluding hydrogens is 508 g/mol. The van der Waals surface area contributed by atoms with Crippen LogP contribution in [0.5, 0.6) is 0 Å². The summed E-state index contributed by atoms with van der Waals surface area (Å²) < 4.78 is 16.1. The van der Waals surface area contributed by atoms with Crippen molar-refractivity contribution >= 4 is 5.97 Å². The van der Waals surface area contributed by atoms with Gasteiger partial charge in [-0.15, -0.1) is 0 Å². The van der Waals surface area contributed by atoms with Gasteiger partial charge in [0.15, 0.2) is 0 Å². The molecule has 7 nitrogen and oxygen atoms in total. The van der Waals surface area contributed by atoms with Gasteiger partial charge in [-0.2, -0.15) is 0 Å². The van der Waals surface area contributed by atoms with Crippen molar-refractivity contribution in [3.63, 3.8) is 0 Å². The molecule has 0 amide bonds. The van der Waals surface area contributed by atoms with Gasteiger partial charge in [-0.1, -0.05) is 99.2 Å². The summed E-state index contributed by atoms with van der Waals surface area (Å²) >= 11 is 0. The van der Waals surface area contributed by atoms with Gasteiger partial charge in [0.05, 0.1) is 57.8 Å². The van der Waals surface area contributed by atoms with Crippen molar-refractivity contribution in [2.45, 2.75) is 89.6 Å². The van der Waals surface area contributed by atoms with Gasteiger partial charge in [0, 0.05) is 5.41 Å². The number of methoxy groups -OCH3 is 1. The Bertz CT molecular complexity index is 953. The molecule has 2 aromatic carbocycles. The molecule has 0 radical (unpaired) electrons. The van der Waals surface area contributed by atoms with E-state index in [1.54, 1.807) is 0 Å². The van der Waals surface area contributed by atoms with Gasteiger partial charge < -0.3 is 29.5 Å². The van der Waals surface area contributed by atoms with E-state index in [-0.39, 0.29) is 24.6 Å². The molecule has 2 unspecified atom stereocenters. The molecule has 222 valence electrons. The first-order valence-corrected chi connectivity index (χ1v) is 14.7. The van der Waals surface area contributed by atoms with Crippen molar-refractivity contribution in [1.29, 1.82) is 0 Å². The maximum Gasteiger partial charge on any atom is 0.314 e. The van der Waals surface area contributed by atoms with Gasteiger partial charge in [0.1, 0.15) is 0 Å². The predicted molar refractivity (Wildman–Crippen MR) is 154 cm³/mol. The standard InChI is InChI=1S/C17H24O4.C16H24O3/c1-20-16(19)17(10-6-3-7-11-17)15(18)13-21-12-14-8-4-2-5-9-14;17-13-16(9-5-2-6-10-16)15(18)12-19-11-14-7-3-1-4-8-14/h2,4-5,8-9,15,18H,3,6-7,10-13H2,1H3;1,3-4,7-8,15,17-18H,2,5-6,9-13H2. The monoisotopic (exact) mass is 556 g/mol. The number of aliphatic hydroxyl groups is 3. The Hall–Kier alpha value is -2.29. The third-order valence-corrected chi connectivity index (χ3v) is 8.62. The Kier molecular flexibility index (Phi) is 13.6. The summed E-state index contributed by atoms with van der Waals surface area (Å²) in [6.45, 7) is 1.47. The summed E-state index contributed by atoms with van der Waals surface area (Å²) in [5, 5.41) is 30.4. The Morgan fingerprint density at radius 2 is 1.18 bits per heavy atom. The SMILES string of the molecule is COC(=O)C1(C(O)COCc2ccccc2)CCCCC1.OCC1(C(O)COCc2ccccc2)CCCCC1. The highest BCUT2D eigenvalue weighted by atomic mass is 16.5. The van der Waals surface area contributed by atoms with Crippen LogP contribution in [-0.2, 0) is 32.2 Å². The molecule has 2 aromatic rings. The van der Waals surface area contributed by atoms with Crippen LogP contribution < -0.4 is 0 Å². The lowest BCUT2D eigenvalue weighted by Gasteiger charge is -2.39. The topological polar surface area (TPSA) is 105 Å². The van der Waals surface area contributed by atoms with Gasteiger partial charge in [-0.05, 0) is 36.8 Å². The van der Waals surface area contributed by atoms with Crippen LogP contribution in [0.1, 0.15) is 75.3 Å². The molecule has 2 aliphatic rings. The molecule has 3 N–H and O–H groups in total. The number of carbonyl (C=O) groups is 1. The molecule has 0 spiro atoms. The fourth-order valence-corrected chi connectivity index (χ4v) is 5.97. The largest absolute Gasteiger partial charge is 0.469 e. The van der Waals surface area contributed by atoms with Crippen LogP contribution in [0, 0.1) is 10.8 Å². The van der Waals surface area contributed by atoms with E-state index in [0.29, 0.717) is 32.7 Å². The van der Waals surface area contributed by atoms with Crippen molar-refractivity contribution < 1.29 is 34.3 Å². The maximum absolute atomic E-state index is 12.1. The normalized spacial score (nSPS) is 19.5. The van der Waals surface area contributed by atoms with E-state index >= 15 is 0 Å². The number of ether oxygens (including phenoxy) is 3. The van der Waals surface area contributed by atoms with Crippen molar-refractivity contribution in [2.24, 2.45) is 10.8 Å². The zero-order valence-electron chi connectivity index (χ0n) is 24.0. The molecule has 2 fully saturated rings. The molecule has 2 saturated carbocycles. The molecule has 0 saturated heterocycles. The molecule has 0 bridgehead atoms. The Morgan fingerprint density at radius 1 is 0.725 bits per heavy atom. The van der Waals surface area contributed by atoms with E-state index in [0.717, 1.165) is 56.1 Å². The lowest BCUT2D eigenvalue weighted by molar-refractivity contribution is -0.167. The summed E-state index contributed by atoms with van der Waals surface area (Å²) in [7, 11) is 1.39. The second-order valence-corrected chi connectivity index (χ2v) is 11.3. The number of benzene rings is 2. The summed E-state index contributed by atoms with van der Waals surface area (Å²) in [5.41, 5.74) is 1.04. The lowest BCUT2D eigenvalue weighted by atomic mass is 9.70. The number of hydrogen-bond acceptors (Lipinski definition) is 7. The van der Waals surface area contributed by atoms with Crippen molar-refractivity contribution in [2.75, 3.05) is 26.9 Å². The van der Waals surface area contributed by atoms with Crippen molar-refractivity contribution in [3.8, 4) is 0 Å². The van der Waals surface area contributed by atoms with Crippen LogP contribution in [0.15, 0.2) is 60.7 Å². The molecule has 2 atom stereocenters. The highest BCUT2D eigenvalue weighted by molar-refractivity contribution is 5.77. The number of hydrogen-bond donors (Lipinski definition) is 3. The molecule has 0 aromatic heterocycles. The van der Waals surface area contributed by atoms with Gasteiger partial charge >= 0.3 is 5.97 Å². The molecule has 0 heterocycles. The minimum atomic E-state index is -0.811. The van der Waals surface area contributed by atoms with Gasteiger partial charge in [-0.25, -0.2) is 0 Å². The summed E-state index contributed by atoms with van der Waals surface area (Å²) in [6, 6.07) is 19.7. The van der Waals surface area contributed by atoms with Gasteiger partial charge in [-0.3, -0.25) is 4.79 Å². The average Bonchev–Trinajstić information content (AvgIpc) is 3.02. The highest BCUT2D eigenvalue weighted by Gasteiger charge is 2.46. The Morgan fingerprint density at radius 3 is 1.62 bits per heavy atom. The first-order valence-electron chi connectivity index (χ1n) is 14.7. The maximum atomic E-state index is 12.1. The Labute approximate surface area is 239 Å². The summed E-state index contributed by atoms with van der Waals surface area (Å²) in [6.07, 6.45) is 8.18. The minimum Gasteiger partial charge on any atom is -0.469 e. The van der Waals surface area contributed by atoms with Crippen LogP contribution in [0.2, 0.25) is 0 Å². The third-order valence-electron chi connectivity index (χ3n) is 8.62. The Balaban J connectivity index is 0.000000222. The van der Waals surface area contributed by atoms with E-state index in [1.807, 2.05) is 60.7 Å². The first-order chi connectivity index (χ1) is 19.5. The van der Waals surface area contributed by atoms with Crippen LogP contribution in [0.25, 0.3) is 0 Å². The van der Waals surface area contributed by atoms with Crippen molar-refractivity contribution in [3.05, 3.63) is 71.8 Å². The van der Waals surface area contributed by atoms with Crippen LogP contribution >= 0.6 is 0 Å². The number of rotatable bonds is 12. The quantitative estimate of drug-likeness (QED) is 0.309. The van der Waals surface area contributed by atoms with E-state index in [1.165, 1.54) is 13.5 Å². The minimum absolute atomic E-state index is 0.0584. The lowest BCUT2D eigenvalue weighted by Crippen LogP contribution is -2.47. The second-order valence-electron chi connectivity index (χ2n) is 11.3. The highest BCUT2D eigenvalue weighted by Crippen LogP contribution is 2.41. The molecule has 0 aliphatic heterocycles. The van der Waals surface area contributed by atoms with Gasteiger partial charge in [0.25, 0.3) is 0 Å². The van der Waals surface area contributed by atoms with E-state index in [9.17, 15) is 20.1 Å². The first kappa shape index (κ1) is 32.2. The third kappa shape index (κ3) is 9.11. The molecule has 40 heavy (non-hydrogen) atoms. The molecular formula is C33H48O7. The fraction of sp³-hybridized carbons (Fsp3) is 0.606.